The van der Waals surface area contributed by atoms with Crippen LogP contribution < -0.4 is 5.32 Å². The number of carbonyl (C=O) groups is 1. The summed E-state index contributed by atoms with van der Waals surface area (Å²) in [5.41, 5.74) is 0. The van der Waals surface area contributed by atoms with Crippen molar-refractivity contribution in [1.29, 1.82) is 0 Å². The second kappa shape index (κ2) is 4.64. The third-order valence-electron chi connectivity index (χ3n) is 3.70. The molecule has 19 heavy (non-hydrogen) atoms. The van der Waals surface area contributed by atoms with E-state index in [0.717, 1.165) is 17.9 Å². The van der Waals surface area contributed by atoms with Crippen molar-refractivity contribution in [3.63, 3.8) is 0 Å². The molecule has 1 aliphatic carbocycles. The number of rotatable bonds is 1. The van der Waals surface area contributed by atoms with Gasteiger partial charge in [-0.2, -0.15) is 0 Å². The van der Waals surface area contributed by atoms with E-state index in [1.165, 1.54) is 7.05 Å². The van der Waals surface area contributed by atoms with Crippen molar-refractivity contribution < 1.29 is 19.1 Å². The van der Waals surface area contributed by atoms with Gasteiger partial charge in [0.15, 0.2) is 5.79 Å². The number of carbonyl (C=O) groups excluding carboxylic acids is 1. The summed E-state index contributed by atoms with van der Waals surface area (Å²) < 4.78 is 11.9. The molecule has 1 amide bonds. The van der Waals surface area contributed by atoms with E-state index in [2.05, 4.69) is 10.5 Å². The molecule has 4 aliphatic rings. The smallest absolute Gasteiger partial charge is 0.344 e. The molecular formula is C12H18N2O4S. The maximum absolute atomic E-state index is 11.1. The Kier molecular flexibility index (Phi) is 3.23. The van der Waals surface area contributed by atoms with Crippen LogP contribution in [0.2, 0.25) is 0 Å². The molecule has 3 aliphatic heterocycles. The summed E-state index contributed by atoms with van der Waals surface area (Å²) in [4.78, 5) is 15.9. The molecule has 0 aromatic carbocycles. The van der Waals surface area contributed by atoms with Crippen molar-refractivity contribution in [3.8, 4) is 0 Å². The fraction of sp³-hybridized carbons (Fsp3) is 0.833. The minimum absolute atomic E-state index is 0.0297. The third-order valence-corrected chi connectivity index (χ3v) is 5.13. The van der Waals surface area contributed by atoms with E-state index < -0.39 is 11.9 Å². The standard InChI is InChI=1S/C12H18N2O4S/c1-12(2)16-8-6-4-5-7(9(8)17-12)19-10(6)14-18-11(15)13-3/h6-9H,4-5H2,1-3H3,(H,13,15). The number of ether oxygens (including phenoxy) is 2. The summed E-state index contributed by atoms with van der Waals surface area (Å²) in [6.07, 6.45) is 1.71. The number of nitrogens with zero attached hydrogens (tertiary/aromatic N) is 1. The van der Waals surface area contributed by atoms with Crippen LogP contribution in [-0.2, 0) is 14.3 Å². The highest BCUT2D eigenvalue weighted by Gasteiger charge is 2.56. The molecule has 0 aromatic rings. The molecule has 0 spiro atoms. The number of amides is 1. The Morgan fingerprint density at radius 1 is 1.42 bits per heavy atom. The van der Waals surface area contributed by atoms with Crippen LogP contribution in [0.4, 0.5) is 4.79 Å². The Morgan fingerprint density at radius 3 is 2.89 bits per heavy atom. The molecule has 0 radical (unpaired) electrons. The van der Waals surface area contributed by atoms with Crippen molar-refractivity contribution in [2.45, 2.75) is 49.9 Å². The lowest BCUT2D eigenvalue weighted by Crippen LogP contribution is -2.51. The number of thioether (sulfide) groups is 1. The van der Waals surface area contributed by atoms with E-state index in [1.54, 1.807) is 11.8 Å². The van der Waals surface area contributed by atoms with Gasteiger partial charge in [-0.1, -0.05) is 5.16 Å². The van der Waals surface area contributed by atoms with Crippen molar-refractivity contribution in [2.75, 3.05) is 7.05 Å². The van der Waals surface area contributed by atoms with Crippen LogP contribution in [0.15, 0.2) is 5.16 Å². The monoisotopic (exact) mass is 286 g/mol. The molecule has 4 rings (SSSR count). The predicted molar refractivity (Wildman–Crippen MR) is 70.9 cm³/mol. The van der Waals surface area contributed by atoms with Gasteiger partial charge in [0, 0.05) is 18.2 Å². The molecule has 4 unspecified atom stereocenters. The molecule has 0 aromatic heterocycles. The first-order valence-electron chi connectivity index (χ1n) is 6.49. The minimum Gasteiger partial charge on any atom is -0.344 e. The normalized spacial score (nSPS) is 41.1. The Balaban J connectivity index is 1.77. The summed E-state index contributed by atoms with van der Waals surface area (Å²) >= 11 is 1.65. The van der Waals surface area contributed by atoms with Gasteiger partial charge in [0.25, 0.3) is 0 Å². The molecule has 2 bridgehead atoms. The predicted octanol–water partition coefficient (Wildman–Crippen LogP) is 1.70. The van der Waals surface area contributed by atoms with E-state index >= 15 is 0 Å². The number of hydrogen-bond donors (Lipinski definition) is 1. The van der Waals surface area contributed by atoms with Gasteiger partial charge in [-0.3, -0.25) is 4.84 Å². The molecule has 1 N–H and O–H groups in total. The van der Waals surface area contributed by atoms with Crippen LogP contribution in [0.1, 0.15) is 26.7 Å². The Labute approximate surface area is 116 Å². The summed E-state index contributed by atoms with van der Waals surface area (Å²) in [6.45, 7) is 3.88. The fourth-order valence-electron chi connectivity index (χ4n) is 2.94. The van der Waals surface area contributed by atoms with Crippen LogP contribution in [0.25, 0.3) is 0 Å². The topological polar surface area (TPSA) is 69.2 Å². The van der Waals surface area contributed by atoms with Crippen molar-refractivity contribution in [1.82, 2.24) is 5.32 Å². The Morgan fingerprint density at radius 2 is 2.16 bits per heavy atom. The van der Waals surface area contributed by atoms with Crippen molar-refractivity contribution >= 4 is 22.9 Å². The molecule has 1 saturated carbocycles. The van der Waals surface area contributed by atoms with E-state index in [-0.39, 0.29) is 18.1 Å². The zero-order valence-electron chi connectivity index (χ0n) is 11.2. The molecule has 3 saturated heterocycles. The summed E-state index contributed by atoms with van der Waals surface area (Å²) in [5, 5.41) is 7.54. The molecular weight excluding hydrogens is 268 g/mol. The molecule has 6 nitrogen and oxygen atoms in total. The maximum atomic E-state index is 11.1. The maximum Gasteiger partial charge on any atom is 0.433 e. The summed E-state index contributed by atoms with van der Waals surface area (Å²) in [5.74, 6) is -0.361. The summed E-state index contributed by atoms with van der Waals surface area (Å²) in [6, 6.07) is 0. The average molecular weight is 286 g/mol. The van der Waals surface area contributed by atoms with Crippen molar-refractivity contribution in [3.05, 3.63) is 0 Å². The van der Waals surface area contributed by atoms with Gasteiger partial charge in [0.1, 0.15) is 11.1 Å². The lowest BCUT2D eigenvalue weighted by atomic mass is 9.84. The highest BCUT2D eigenvalue weighted by atomic mass is 32.2. The molecule has 3 heterocycles. The number of fused-ring (bicyclic) bond motifs is 2. The molecule has 4 fully saturated rings. The zero-order valence-corrected chi connectivity index (χ0v) is 12.0. The van der Waals surface area contributed by atoms with E-state index in [9.17, 15) is 4.79 Å². The SMILES string of the molecule is CNC(=O)ON=C1SC2CCC1C1OC(C)(C)OC21. The third kappa shape index (κ3) is 2.34. The molecule has 4 atom stereocenters. The second-order valence-electron chi connectivity index (χ2n) is 5.46. The zero-order chi connectivity index (χ0) is 13.6. The second-order valence-corrected chi connectivity index (χ2v) is 6.72. The minimum atomic E-state index is -0.546. The Hall–Kier alpha value is -0.790. The van der Waals surface area contributed by atoms with Gasteiger partial charge in [0.05, 0.1) is 6.10 Å². The Bertz CT molecular complexity index is 426. The largest absolute Gasteiger partial charge is 0.433 e. The van der Waals surface area contributed by atoms with Crippen LogP contribution in [-0.4, -0.2) is 41.4 Å². The van der Waals surface area contributed by atoms with Crippen LogP contribution in [0, 0.1) is 5.92 Å². The highest BCUT2D eigenvalue weighted by molar-refractivity contribution is 8.14. The molecule has 106 valence electrons. The number of oxime groups is 1. The lowest BCUT2D eigenvalue weighted by Gasteiger charge is -2.42. The van der Waals surface area contributed by atoms with Gasteiger partial charge in [-0.25, -0.2) is 4.79 Å². The quantitative estimate of drug-likeness (QED) is 0.587. The summed E-state index contributed by atoms with van der Waals surface area (Å²) in [7, 11) is 1.51. The lowest BCUT2D eigenvalue weighted by molar-refractivity contribution is -0.146. The molecule has 7 heteroatoms. The first-order valence-corrected chi connectivity index (χ1v) is 7.37. The first kappa shape index (κ1) is 13.2. The fourth-order valence-corrected chi connectivity index (χ4v) is 4.36. The van der Waals surface area contributed by atoms with Gasteiger partial charge in [-0.15, -0.1) is 11.8 Å². The average Bonchev–Trinajstić information content (AvgIpc) is 2.73. The van der Waals surface area contributed by atoms with Crippen LogP contribution >= 0.6 is 11.8 Å². The number of nitrogens with one attached hydrogen (secondary N) is 1. The van der Waals surface area contributed by atoms with Crippen LogP contribution in [0.5, 0.6) is 0 Å². The van der Waals surface area contributed by atoms with Gasteiger partial charge < -0.3 is 14.8 Å². The number of hydrogen-bond acceptors (Lipinski definition) is 6. The van der Waals surface area contributed by atoms with Gasteiger partial charge in [0.2, 0.25) is 0 Å². The van der Waals surface area contributed by atoms with E-state index in [4.69, 9.17) is 14.3 Å². The van der Waals surface area contributed by atoms with Crippen molar-refractivity contribution in [2.24, 2.45) is 11.1 Å². The van der Waals surface area contributed by atoms with Crippen LogP contribution in [0.3, 0.4) is 0 Å². The first-order chi connectivity index (χ1) is 9.00. The van der Waals surface area contributed by atoms with E-state index in [0.29, 0.717) is 5.25 Å². The van der Waals surface area contributed by atoms with Gasteiger partial charge >= 0.3 is 6.09 Å². The van der Waals surface area contributed by atoms with E-state index in [1.807, 2.05) is 13.8 Å². The highest BCUT2D eigenvalue weighted by Crippen LogP contribution is 2.50. The van der Waals surface area contributed by atoms with Gasteiger partial charge in [-0.05, 0) is 26.7 Å².